The maximum absolute atomic E-state index is 12.3. The molecule has 0 unspecified atom stereocenters. The number of amides is 1. The number of benzene rings is 2. The lowest BCUT2D eigenvalue weighted by Gasteiger charge is -2.14. The Kier molecular flexibility index (Phi) is 5.82. The molecule has 0 aliphatic heterocycles. The molecule has 5 nitrogen and oxygen atoms in total. The minimum atomic E-state index is -0.201. The normalized spacial score (nSPS) is 10.7. The number of aromatic nitrogens is 2. The van der Waals surface area contributed by atoms with Crippen LogP contribution >= 0.6 is 11.3 Å². The molecular weight excluding hydrogens is 406 g/mol. The van der Waals surface area contributed by atoms with Gasteiger partial charge in [-0.1, -0.05) is 6.07 Å². The zero-order valence-corrected chi connectivity index (χ0v) is 18.7. The van der Waals surface area contributed by atoms with Gasteiger partial charge in [-0.25, -0.2) is 4.98 Å². The highest BCUT2D eigenvalue weighted by molar-refractivity contribution is 7.14. The van der Waals surface area contributed by atoms with Crippen LogP contribution in [0.5, 0.6) is 11.5 Å². The summed E-state index contributed by atoms with van der Waals surface area (Å²) in [6, 6.07) is 13.7. The summed E-state index contributed by atoms with van der Waals surface area (Å²) in [6.07, 6.45) is 3.19. The van der Waals surface area contributed by atoms with Gasteiger partial charge < -0.3 is 4.74 Å². The van der Waals surface area contributed by atoms with E-state index in [9.17, 15) is 4.79 Å². The van der Waals surface area contributed by atoms with E-state index < -0.39 is 0 Å². The second kappa shape index (κ2) is 8.70. The molecule has 1 amide bonds. The molecule has 2 aromatic heterocycles. The van der Waals surface area contributed by atoms with Gasteiger partial charge in [0, 0.05) is 28.9 Å². The van der Waals surface area contributed by atoms with E-state index in [1.54, 1.807) is 24.5 Å². The number of hydrogen-bond acceptors (Lipinski definition) is 5. The van der Waals surface area contributed by atoms with Crippen LogP contribution in [0.1, 0.15) is 32.6 Å². The quantitative estimate of drug-likeness (QED) is 0.394. The zero-order valence-electron chi connectivity index (χ0n) is 17.9. The molecule has 0 aliphatic carbocycles. The Hall–Kier alpha value is -3.51. The molecule has 0 spiro atoms. The maximum atomic E-state index is 12.3. The first-order valence-corrected chi connectivity index (χ1v) is 10.8. The molecule has 0 saturated carbocycles. The minimum absolute atomic E-state index is 0.201. The number of hydrogen-bond donors (Lipinski definition) is 1. The number of anilines is 1. The van der Waals surface area contributed by atoms with Crippen LogP contribution in [-0.4, -0.2) is 15.9 Å². The molecule has 1 N–H and O–H groups in total. The topological polar surface area (TPSA) is 64.1 Å². The molecule has 0 atom stereocenters. The van der Waals surface area contributed by atoms with E-state index in [1.165, 1.54) is 22.5 Å². The highest BCUT2D eigenvalue weighted by Gasteiger charge is 2.13. The maximum Gasteiger partial charge on any atom is 0.257 e. The summed E-state index contributed by atoms with van der Waals surface area (Å²) in [6.45, 7) is 8.20. The van der Waals surface area contributed by atoms with E-state index >= 15 is 0 Å². The van der Waals surface area contributed by atoms with Crippen LogP contribution in [0, 0.1) is 27.7 Å². The second-order valence-corrected chi connectivity index (χ2v) is 8.45. The summed E-state index contributed by atoms with van der Waals surface area (Å²) in [5.41, 5.74) is 6.76. The number of carbonyl (C=O) groups excluding carboxylic acids is 1. The van der Waals surface area contributed by atoms with Crippen LogP contribution in [0.15, 0.2) is 60.2 Å². The van der Waals surface area contributed by atoms with Crippen LogP contribution in [0.25, 0.3) is 11.3 Å². The SMILES string of the molecule is Cc1cc(C)cc(Oc2c(C)cc(-c3csc(NC(=O)c4ccncc4)n3)cc2C)c1. The number of nitrogens with one attached hydrogen (secondary N) is 1. The van der Waals surface area contributed by atoms with Crippen molar-refractivity contribution in [1.82, 2.24) is 9.97 Å². The van der Waals surface area contributed by atoms with Crippen LogP contribution in [0.4, 0.5) is 5.13 Å². The molecule has 0 fully saturated rings. The molecule has 4 rings (SSSR count). The third-order valence-electron chi connectivity index (χ3n) is 4.84. The van der Waals surface area contributed by atoms with Gasteiger partial charge in [0.1, 0.15) is 11.5 Å². The lowest BCUT2D eigenvalue weighted by molar-refractivity contribution is 0.102. The summed E-state index contributed by atoms with van der Waals surface area (Å²) < 4.78 is 6.22. The highest BCUT2D eigenvalue weighted by atomic mass is 32.1. The molecule has 2 aromatic carbocycles. The van der Waals surface area contributed by atoms with Crippen molar-refractivity contribution in [3.8, 4) is 22.8 Å². The van der Waals surface area contributed by atoms with Crippen molar-refractivity contribution < 1.29 is 9.53 Å². The number of carbonyl (C=O) groups is 1. The Labute approximate surface area is 185 Å². The van der Waals surface area contributed by atoms with Crippen molar-refractivity contribution >= 4 is 22.4 Å². The van der Waals surface area contributed by atoms with E-state index in [1.807, 2.05) is 31.4 Å². The summed E-state index contributed by atoms with van der Waals surface area (Å²) in [5, 5.41) is 5.35. The number of thiazole rings is 1. The van der Waals surface area contributed by atoms with Gasteiger partial charge >= 0.3 is 0 Å². The molecule has 0 saturated heterocycles. The van der Waals surface area contributed by atoms with Crippen LogP contribution in [0.3, 0.4) is 0 Å². The molecule has 31 heavy (non-hydrogen) atoms. The average Bonchev–Trinajstić information content (AvgIpc) is 3.19. The number of aryl methyl sites for hydroxylation is 4. The van der Waals surface area contributed by atoms with E-state index in [2.05, 4.69) is 47.3 Å². The highest BCUT2D eigenvalue weighted by Crippen LogP contribution is 2.35. The summed E-state index contributed by atoms with van der Waals surface area (Å²) >= 11 is 1.40. The predicted molar refractivity (Wildman–Crippen MR) is 125 cm³/mol. The molecule has 156 valence electrons. The van der Waals surface area contributed by atoms with E-state index in [0.29, 0.717) is 10.7 Å². The molecule has 0 aliphatic rings. The van der Waals surface area contributed by atoms with Gasteiger partial charge in [-0.15, -0.1) is 11.3 Å². The van der Waals surface area contributed by atoms with Crippen molar-refractivity contribution in [3.05, 3.63) is 88.1 Å². The standard InChI is InChI=1S/C25H23N3O2S/c1-15-9-16(2)11-21(10-15)30-23-17(3)12-20(13-18(23)4)22-14-31-25(27-22)28-24(29)19-5-7-26-8-6-19/h5-14H,1-4H3,(H,27,28,29). The Balaban J connectivity index is 1.55. The number of ether oxygens (including phenoxy) is 1. The molecule has 6 heteroatoms. The van der Waals surface area contributed by atoms with Crippen molar-refractivity contribution in [2.45, 2.75) is 27.7 Å². The fraction of sp³-hybridized carbons (Fsp3) is 0.160. The van der Waals surface area contributed by atoms with Gasteiger partial charge in [0.25, 0.3) is 5.91 Å². The number of pyridine rings is 1. The Morgan fingerprint density at radius 2 is 1.58 bits per heavy atom. The van der Waals surface area contributed by atoms with Crippen molar-refractivity contribution in [2.24, 2.45) is 0 Å². The average molecular weight is 430 g/mol. The fourth-order valence-electron chi connectivity index (χ4n) is 3.51. The van der Waals surface area contributed by atoms with Crippen LogP contribution in [0.2, 0.25) is 0 Å². The van der Waals surface area contributed by atoms with E-state index in [0.717, 1.165) is 33.9 Å². The van der Waals surface area contributed by atoms with Gasteiger partial charge in [0.15, 0.2) is 5.13 Å². The Bertz CT molecular complexity index is 1210. The Morgan fingerprint density at radius 1 is 0.935 bits per heavy atom. The van der Waals surface area contributed by atoms with Gasteiger partial charge in [0.2, 0.25) is 0 Å². The molecule has 0 bridgehead atoms. The third kappa shape index (κ3) is 4.81. The van der Waals surface area contributed by atoms with Gasteiger partial charge in [-0.2, -0.15) is 0 Å². The number of nitrogens with zero attached hydrogens (tertiary/aromatic N) is 2. The minimum Gasteiger partial charge on any atom is -0.457 e. The molecule has 0 radical (unpaired) electrons. The van der Waals surface area contributed by atoms with Crippen LogP contribution < -0.4 is 10.1 Å². The second-order valence-electron chi connectivity index (χ2n) is 7.59. The van der Waals surface area contributed by atoms with E-state index in [-0.39, 0.29) is 5.91 Å². The van der Waals surface area contributed by atoms with E-state index in [4.69, 9.17) is 4.74 Å². The predicted octanol–water partition coefficient (Wildman–Crippen LogP) is 6.48. The molecular formula is C25H23N3O2S. The largest absolute Gasteiger partial charge is 0.457 e. The van der Waals surface area contributed by atoms with Crippen molar-refractivity contribution in [2.75, 3.05) is 5.32 Å². The first-order valence-electron chi connectivity index (χ1n) is 9.94. The summed E-state index contributed by atoms with van der Waals surface area (Å²) in [4.78, 5) is 20.9. The monoisotopic (exact) mass is 429 g/mol. The zero-order chi connectivity index (χ0) is 22.0. The Morgan fingerprint density at radius 3 is 2.23 bits per heavy atom. The van der Waals surface area contributed by atoms with Gasteiger partial charge in [-0.3, -0.25) is 15.1 Å². The summed E-state index contributed by atoms with van der Waals surface area (Å²) in [7, 11) is 0. The fourth-order valence-corrected chi connectivity index (χ4v) is 4.22. The van der Waals surface area contributed by atoms with Crippen molar-refractivity contribution in [1.29, 1.82) is 0 Å². The van der Waals surface area contributed by atoms with Gasteiger partial charge in [0.05, 0.1) is 5.69 Å². The van der Waals surface area contributed by atoms with Crippen molar-refractivity contribution in [3.63, 3.8) is 0 Å². The lowest BCUT2D eigenvalue weighted by Crippen LogP contribution is -2.11. The van der Waals surface area contributed by atoms with Crippen LogP contribution in [-0.2, 0) is 0 Å². The first-order chi connectivity index (χ1) is 14.9. The molecule has 4 aromatic rings. The first kappa shape index (κ1) is 20.8. The number of rotatable bonds is 5. The summed E-state index contributed by atoms with van der Waals surface area (Å²) in [5.74, 6) is 1.49. The van der Waals surface area contributed by atoms with Gasteiger partial charge in [-0.05, 0) is 86.3 Å². The third-order valence-corrected chi connectivity index (χ3v) is 5.60. The lowest BCUT2D eigenvalue weighted by atomic mass is 10.0. The molecule has 2 heterocycles. The smallest absolute Gasteiger partial charge is 0.257 e.